The molecular formula is C27H36N2O7S. The van der Waals surface area contributed by atoms with Gasteiger partial charge in [0.25, 0.3) is 0 Å². The summed E-state index contributed by atoms with van der Waals surface area (Å²) in [5.41, 5.74) is 2.23. The zero-order valence-electron chi connectivity index (χ0n) is 20.8. The maximum absolute atomic E-state index is 12.3. The molecule has 1 saturated heterocycles. The fraction of sp³-hybridized carbons (Fsp3) is 0.519. The Morgan fingerprint density at radius 3 is 2.41 bits per heavy atom. The molecule has 2 amide bonds. The third kappa shape index (κ3) is 6.88. The van der Waals surface area contributed by atoms with Gasteiger partial charge in [-0.2, -0.15) is 0 Å². The van der Waals surface area contributed by atoms with Crippen molar-refractivity contribution in [2.45, 2.75) is 80.5 Å². The minimum absolute atomic E-state index is 0.00522. The van der Waals surface area contributed by atoms with Gasteiger partial charge in [-0.25, -0.2) is 4.79 Å². The maximum Gasteiger partial charge on any atom is 0.319 e. The summed E-state index contributed by atoms with van der Waals surface area (Å²) in [6.45, 7) is 1.45. The van der Waals surface area contributed by atoms with E-state index >= 15 is 0 Å². The number of amides is 2. The molecule has 0 radical (unpaired) electrons. The van der Waals surface area contributed by atoms with Crippen molar-refractivity contribution in [2.24, 2.45) is 0 Å². The lowest BCUT2D eigenvalue weighted by Crippen LogP contribution is -2.55. The molecule has 0 aromatic heterocycles. The highest BCUT2D eigenvalue weighted by molar-refractivity contribution is 8.00. The first-order valence-corrected chi connectivity index (χ1v) is 13.7. The van der Waals surface area contributed by atoms with Crippen LogP contribution in [-0.2, 0) is 6.42 Å². The van der Waals surface area contributed by atoms with Gasteiger partial charge in [0, 0.05) is 29.8 Å². The van der Waals surface area contributed by atoms with Crippen molar-refractivity contribution in [3.63, 3.8) is 0 Å². The van der Waals surface area contributed by atoms with E-state index in [0.717, 1.165) is 54.1 Å². The minimum atomic E-state index is -1.47. The van der Waals surface area contributed by atoms with Crippen molar-refractivity contribution in [3.05, 3.63) is 53.1 Å². The fourth-order valence-electron chi connectivity index (χ4n) is 4.90. The van der Waals surface area contributed by atoms with Gasteiger partial charge in [0.05, 0.1) is 18.0 Å². The smallest absolute Gasteiger partial charge is 0.319 e. The Kier molecular flexibility index (Phi) is 9.20. The van der Waals surface area contributed by atoms with Crippen LogP contribution in [0.4, 0.5) is 10.5 Å². The Labute approximate surface area is 220 Å². The molecule has 0 spiro atoms. The number of anilines is 1. The number of hydrogen-bond donors (Lipinski definition) is 7. The van der Waals surface area contributed by atoms with Gasteiger partial charge in [-0.3, -0.25) is 0 Å². The molecule has 202 valence electrons. The second-order valence-electron chi connectivity index (χ2n) is 9.86. The molecule has 7 N–H and O–H groups in total. The third-order valence-corrected chi connectivity index (χ3v) is 8.46. The van der Waals surface area contributed by atoms with E-state index in [2.05, 4.69) is 10.6 Å². The van der Waals surface area contributed by atoms with Crippen LogP contribution < -0.4 is 15.4 Å². The number of hydrogen-bond acceptors (Lipinski definition) is 8. The normalized spacial score (nSPS) is 26.5. The van der Waals surface area contributed by atoms with Crippen LogP contribution in [0.25, 0.3) is 0 Å². The molecule has 1 heterocycles. The first kappa shape index (κ1) is 27.5. The van der Waals surface area contributed by atoms with Gasteiger partial charge in [-0.15, -0.1) is 11.8 Å². The predicted molar refractivity (Wildman–Crippen MR) is 142 cm³/mol. The van der Waals surface area contributed by atoms with E-state index in [1.165, 1.54) is 12.5 Å². The number of nitrogens with one attached hydrogen (secondary N) is 2. The lowest BCUT2D eigenvalue weighted by Gasteiger charge is -2.39. The quantitative estimate of drug-likeness (QED) is 0.288. The van der Waals surface area contributed by atoms with E-state index in [0.29, 0.717) is 17.9 Å². The zero-order valence-corrected chi connectivity index (χ0v) is 21.7. The molecule has 2 aliphatic rings. The van der Waals surface area contributed by atoms with Crippen LogP contribution >= 0.6 is 11.8 Å². The van der Waals surface area contributed by atoms with Crippen LogP contribution in [0.3, 0.4) is 0 Å². The van der Waals surface area contributed by atoms with Crippen LogP contribution in [0.15, 0.2) is 36.4 Å². The number of carbonyl (C=O) groups is 1. The summed E-state index contributed by atoms with van der Waals surface area (Å²) in [5.74, 6) is 0.331. The van der Waals surface area contributed by atoms with E-state index in [1.807, 2.05) is 31.2 Å². The van der Waals surface area contributed by atoms with Gasteiger partial charge in [-0.1, -0.05) is 31.4 Å². The van der Waals surface area contributed by atoms with Crippen molar-refractivity contribution >= 4 is 23.5 Å². The van der Waals surface area contributed by atoms with Gasteiger partial charge < -0.3 is 40.9 Å². The van der Waals surface area contributed by atoms with Crippen LogP contribution in [-0.4, -0.2) is 73.2 Å². The molecule has 2 aromatic carbocycles. The number of thioether (sulfide) groups is 1. The summed E-state index contributed by atoms with van der Waals surface area (Å²) in [5, 5.41) is 55.7. The highest BCUT2D eigenvalue weighted by Crippen LogP contribution is 2.38. The molecule has 1 aliphatic heterocycles. The first-order chi connectivity index (χ1) is 17.7. The van der Waals surface area contributed by atoms with Crippen molar-refractivity contribution in [1.29, 1.82) is 0 Å². The SMILES string of the molecule is Cc1cc(O)cc(O[C@@H]2S[C@H](CO)[C@@H](O)[C@H](O)[C@H]2O)c1Cc1ccc(NC(=O)NC2CCCCC2)cc1. The summed E-state index contributed by atoms with van der Waals surface area (Å²) in [4.78, 5) is 12.3. The number of phenols is 1. The number of aliphatic hydroxyl groups is 4. The Balaban J connectivity index is 1.44. The lowest BCUT2D eigenvalue weighted by atomic mass is 9.96. The van der Waals surface area contributed by atoms with Crippen LogP contribution in [0.1, 0.15) is 48.8 Å². The molecule has 0 bridgehead atoms. The molecule has 10 heteroatoms. The van der Waals surface area contributed by atoms with E-state index in [1.54, 1.807) is 6.07 Å². The number of aryl methyl sites for hydroxylation is 1. The second-order valence-corrected chi connectivity index (χ2v) is 11.2. The molecule has 2 aromatic rings. The third-order valence-electron chi connectivity index (χ3n) is 7.04. The number of carbonyl (C=O) groups excluding carboxylic acids is 1. The number of phenolic OH excluding ortho intramolecular Hbond substituents is 1. The topological polar surface area (TPSA) is 152 Å². The number of aromatic hydroxyl groups is 1. The molecule has 1 aliphatic carbocycles. The van der Waals surface area contributed by atoms with Crippen LogP contribution in [0.5, 0.6) is 11.5 Å². The molecule has 4 rings (SSSR count). The molecule has 2 fully saturated rings. The number of aliphatic hydroxyl groups excluding tert-OH is 4. The maximum atomic E-state index is 12.3. The Morgan fingerprint density at radius 1 is 1.03 bits per heavy atom. The molecular weight excluding hydrogens is 496 g/mol. The van der Waals surface area contributed by atoms with Crippen LogP contribution in [0, 0.1) is 6.92 Å². The van der Waals surface area contributed by atoms with E-state index in [4.69, 9.17) is 4.74 Å². The summed E-state index contributed by atoms with van der Waals surface area (Å²) in [7, 11) is 0. The monoisotopic (exact) mass is 532 g/mol. The summed E-state index contributed by atoms with van der Waals surface area (Å²) < 4.78 is 6.04. The average Bonchev–Trinajstić information content (AvgIpc) is 2.88. The summed E-state index contributed by atoms with van der Waals surface area (Å²) >= 11 is 1.03. The van der Waals surface area contributed by atoms with Crippen molar-refractivity contribution < 1.29 is 35.1 Å². The Hall–Kier alpha value is -2.50. The van der Waals surface area contributed by atoms with Crippen molar-refractivity contribution in [3.8, 4) is 11.5 Å². The molecule has 1 saturated carbocycles. The van der Waals surface area contributed by atoms with Gasteiger partial charge in [-0.05, 0) is 49.1 Å². The molecule has 5 atom stereocenters. The Bertz CT molecular complexity index is 1060. The van der Waals surface area contributed by atoms with E-state index in [-0.39, 0.29) is 24.4 Å². The lowest BCUT2D eigenvalue weighted by molar-refractivity contribution is -0.0910. The standard InChI is InChI=1S/C27H36N2O7S/c1-15-11-19(31)13-21(36-26-25(34)24(33)23(32)22(14-30)37-26)20(15)12-16-7-9-18(10-8-16)29-27(35)28-17-5-3-2-4-6-17/h7-11,13,17,22-26,30-34H,2-6,12,14H2,1H3,(H2,28,29,35)/t22-,23-,24+,25-,26-/m1/s1. The van der Waals surface area contributed by atoms with Crippen molar-refractivity contribution in [1.82, 2.24) is 5.32 Å². The minimum Gasteiger partial charge on any atom is -0.508 e. The van der Waals surface area contributed by atoms with Crippen LogP contribution in [0.2, 0.25) is 0 Å². The average molecular weight is 533 g/mol. The number of ether oxygens (including phenoxy) is 1. The van der Waals surface area contributed by atoms with Gasteiger partial charge >= 0.3 is 6.03 Å². The number of benzene rings is 2. The second kappa shape index (κ2) is 12.4. The highest BCUT2D eigenvalue weighted by Gasteiger charge is 2.44. The number of urea groups is 1. The van der Waals surface area contributed by atoms with Crippen molar-refractivity contribution in [2.75, 3.05) is 11.9 Å². The Morgan fingerprint density at radius 2 is 1.73 bits per heavy atom. The summed E-state index contributed by atoms with van der Waals surface area (Å²) in [6.07, 6.45) is 1.85. The largest absolute Gasteiger partial charge is 0.508 e. The van der Waals surface area contributed by atoms with Gasteiger partial charge in [0.1, 0.15) is 23.7 Å². The number of rotatable bonds is 7. The van der Waals surface area contributed by atoms with E-state index < -0.39 is 29.0 Å². The van der Waals surface area contributed by atoms with Gasteiger partial charge in [0.15, 0.2) is 5.44 Å². The van der Waals surface area contributed by atoms with E-state index in [9.17, 15) is 30.3 Å². The molecule has 9 nitrogen and oxygen atoms in total. The first-order valence-electron chi connectivity index (χ1n) is 12.7. The predicted octanol–water partition coefficient (Wildman–Crippen LogP) is 2.64. The molecule has 37 heavy (non-hydrogen) atoms. The summed E-state index contributed by atoms with van der Waals surface area (Å²) in [6, 6.07) is 10.5. The molecule has 0 unspecified atom stereocenters. The fourth-order valence-corrected chi connectivity index (χ4v) is 6.13. The van der Waals surface area contributed by atoms with Gasteiger partial charge in [0.2, 0.25) is 0 Å². The highest BCUT2D eigenvalue weighted by atomic mass is 32.2. The zero-order chi connectivity index (χ0) is 26.5.